The predicted octanol–water partition coefficient (Wildman–Crippen LogP) is 1.73. The van der Waals surface area contributed by atoms with Crippen molar-refractivity contribution >= 4 is 21.6 Å². The SMILES string of the molecule is [2H]C([2H])([2H])c1cc(Br)c(N)cn1. The average Bonchev–Trinajstić information content (AvgIpc) is 1.92. The molecule has 0 atom stereocenters. The van der Waals surface area contributed by atoms with E-state index in [0.29, 0.717) is 10.2 Å². The van der Waals surface area contributed by atoms with E-state index >= 15 is 0 Å². The van der Waals surface area contributed by atoms with E-state index in [-0.39, 0.29) is 5.69 Å². The third kappa shape index (κ3) is 1.42. The molecule has 0 aliphatic rings. The average molecular weight is 190 g/mol. The molecular formula is C6H7BrN2. The molecule has 1 aromatic rings. The fraction of sp³-hybridized carbons (Fsp3) is 0.167. The van der Waals surface area contributed by atoms with Crippen LogP contribution in [0.2, 0.25) is 0 Å². The van der Waals surface area contributed by atoms with Gasteiger partial charge < -0.3 is 5.73 Å². The topological polar surface area (TPSA) is 38.9 Å². The highest BCUT2D eigenvalue weighted by Crippen LogP contribution is 2.17. The Morgan fingerprint density at radius 3 is 3.22 bits per heavy atom. The number of nitrogens with zero attached hydrogens (tertiary/aromatic N) is 1. The number of hydrogen-bond donors (Lipinski definition) is 1. The molecule has 2 N–H and O–H groups in total. The lowest BCUT2D eigenvalue weighted by molar-refractivity contribution is 1.20. The van der Waals surface area contributed by atoms with Crippen molar-refractivity contribution in [1.82, 2.24) is 4.98 Å². The summed E-state index contributed by atoms with van der Waals surface area (Å²) in [6.45, 7) is -2.17. The first kappa shape index (κ1) is 3.56. The van der Waals surface area contributed by atoms with Crippen molar-refractivity contribution in [2.75, 3.05) is 5.73 Å². The lowest BCUT2D eigenvalue weighted by Gasteiger charge is -1.95. The summed E-state index contributed by atoms with van der Waals surface area (Å²) in [7, 11) is 0. The number of aryl methyl sites for hydroxylation is 1. The number of halogens is 1. The summed E-state index contributed by atoms with van der Waals surface area (Å²) in [5.41, 5.74) is 5.92. The van der Waals surface area contributed by atoms with Gasteiger partial charge in [0.15, 0.2) is 0 Å². The van der Waals surface area contributed by atoms with E-state index < -0.39 is 6.85 Å². The van der Waals surface area contributed by atoms with Crippen LogP contribution in [0, 0.1) is 6.85 Å². The van der Waals surface area contributed by atoms with Gasteiger partial charge in [0.05, 0.1) is 11.9 Å². The standard InChI is InChI=1S/C6H7BrN2/c1-4-2-5(7)6(8)3-9-4/h2-3H,8H2,1H3/i1D3. The molecule has 0 fully saturated rings. The van der Waals surface area contributed by atoms with Crippen LogP contribution in [0.1, 0.15) is 9.81 Å². The molecule has 0 unspecified atom stereocenters. The Kier molecular flexibility index (Phi) is 0.931. The van der Waals surface area contributed by atoms with E-state index in [2.05, 4.69) is 20.9 Å². The molecule has 0 radical (unpaired) electrons. The van der Waals surface area contributed by atoms with E-state index in [9.17, 15) is 0 Å². The van der Waals surface area contributed by atoms with Crippen molar-refractivity contribution in [2.45, 2.75) is 6.85 Å². The maximum absolute atomic E-state index is 7.05. The highest BCUT2D eigenvalue weighted by molar-refractivity contribution is 9.10. The van der Waals surface area contributed by atoms with Crippen LogP contribution in [0.3, 0.4) is 0 Å². The van der Waals surface area contributed by atoms with Gasteiger partial charge in [-0.25, -0.2) is 0 Å². The van der Waals surface area contributed by atoms with Crippen LogP contribution < -0.4 is 5.73 Å². The van der Waals surface area contributed by atoms with Crippen molar-refractivity contribution in [3.63, 3.8) is 0 Å². The van der Waals surface area contributed by atoms with Crippen molar-refractivity contribution in [2.24, 2.45) is 0 Å². The summed E-state index contributed by atoms with van der Waals surface area (Å²) in [5, 5.41) is 0. The third-order valence-electron chi connectivity index (χ3n) is 0.882. The molecule has 9 heavy (non-hydrogen) atoms. The van der Waals surface area contributed by atoms with E-state index in [0.717, 1.165) is 0 Å². The second kappa shape index (κ2) is 2.35. The van der Waals surface area contributed by atoms with Gasteiger partial charge in [0.25, 0.3) is 0 Å². The maximum Gasteiger partial charge on any atom is 0.0645 e. The van der Waals surface area contributed by atoms with Gasteiger partial charge in [-0.3, -0.25) is 4.98 Å². The molecular weight excluding hydrogens is 180 g/mol. The Balaban J connectivity index is 3.14. The Labute approximate surface area is 66.4 Å². The summed E-state index contributed by atoms with van der Waals surface area (Å²) in [5.74, 6) is 0. The number of hydrogen-bond acceptors (Lipinski definition) is 2. The molecule has 0 amide bonds. The summed E-state index contributed by atoms with van der Waals surface area (Å²) in [6, 6.07) is 1.41. The molecule has 0 saturated carbocycles. The quantitative estimate of drug-likeness (QED) is 0.676. The molecule has 0 aliphatic carbocycles. The number of pyridine rings is 1. The number of rotatable bonds is 0. The van der Waals surface area contributed by atoms with Crippen LogP contribution in [0.5, 0.6) is 0 Å². The smallest absolute Gasteiger partial charge is 0.0645 e. The molecule has 48 valence electrons. The number of nitrogens with two attached hydrogens (primary N) is 1. The first-order chi connectivity index (χ1) is 5.41. The van der Waals surface area contributed by atoms with Gasteiger partial charge in [-0.2, -0.15) is 0 Å². The maximum atomic E-state index is 7.05. The zero-order valence-electron chi connectivity index (χ0n) is 7.56. The van der Waals surface area contributed by atoms with Crippen molar-refractivity contribution in [1.29, 1.82) is 0 Å². The van der Waals surface area contributed by atoms with Gasteiger partial charge in [0.1, 0.15) is 0 Å². The zero-order chi connectivity index (χ0) is 9.35. The normalized spacial score (nSPS) is 15.9. The molecule has 0 aliphatic heterocycles. The van der Waals surface area contributed by atoms with Gasteiger partial charge in [0, 0.05) is 14.3 Å². The molecule has 1 rings (SSSR count). The predicted molar refractivity (Wildman–Crippen MR) is 41.1 cm³/mol. The van der Waals surface area contributed by atoms with Crippen LogP contribution in [0.15, 0.2) is 16.7 Å². The lowest BCUT2D eigenvalue weighted by atomic mass is 10.3. The summed E-state index contributed by atoms with van der Waals surface area (Å²) >= 11 is 3.12. The fourth-order valence-electron chi connectivity index (χ4n) is 0.441. The fourth-order valence-corrected chi connectivity index (χ4v) is 0.761. The third-order valence-corrected chi connectivity index (χ3v) is 1.57. The first-order valence-corrected chi connectivity index (χ1v) is 3.12. The van der Waals surface area contributed by atoms with Crippen LogP contribution in [-0.4, -0.2) is 4.98 Å². The van der Waals surface area contributed by atoms with Crippen LogP contribution >= 0.6 is 15.9 Å². The number of nitrogen functional groups attached to an aromatic ring is 1. The Bertz CT molecular complexity index is 297. The molecule has 0 aromatic carbocycles. The molecule has 0 saturated heterocycles. The minimum absolute atomic E-state index is 0.0450. The molecule has 1 aromatic heterocycles. The van der Waals surface area contributed by atoms with E-state index in [1.807, 2.05) is 0 Å². The molecule has 0 spiro atoms. The summed E-state index contributed by atoms with van der Waals surface area (Å²) in [6.07, 6.45) is 1.33. The Hall–Kier alpha value is -0.570. The van der Waals surface area contributed by atoms with Crippen molar-refractivity contribution in [3.8, 4) is 0 Å². The summed E-state index contributed by atoms with van der Waals surface area (Å²) in [4.78, 5) is 3.69. The van der Waals surface area contributed by atoms with Gasteiger partial charge in [-0.15, -0.1) is 0 Å². The van der Waals surface area contributed by atoms with Crippen LogP contribution in [0.25, 0.3) is 0 Å². The van der Waals surface area contributed by atoms with E-state index in [4.69, 9.17) is 9.85 Å². The molecule has 1 heterocycles. The van der Waals surface area contributed by atoms with E-state index in [1.54, 1.807) is 0 Å². The largest absolute Gasteiger partial charge is 0.397 e. The minimum Gasteiger partial charge on any atom is -0.397 e. The highest BCUT2D eigenvalue weighted by atomic mass is 79.9. The molecule has 0 bridgehead atoms. The van der Waals surface area contributed by atoms with Crippen LogP contribution in [-0.2, 0) is 0 Å². The number of anilines is 1. The molecule has 3 heteroatoms. The van der Waals surface area contributed by atoms with Gasteiger partial charge in [-0.1, -0.05) is 0 Å². The Morgan fingerprint density at radius 2 is 2.67 bits per heavy atom. The monoisotopic (exact) mass is 189 g/mol. The summed E-state index contributed by atoms with van der Waals surface area (Å²) < 4.78 is 21.7. The van der Waals surface area contributed by atoms with Gasteiger partial charge in [0.2, 0.25) is 0 Å². The Morgan fingerprint density at radius 1 is 1.89 bits per heavy atom. The first-order valence-electron chi connectivity index (χ1n) is 3.83. The lowest BCUT2D eigenvalue weighted by Crippen LogP contribution is -1.88. The van der Waals surface area contributed by atoms with Crippen molar-refractivity contribution < 1.29 is 4.11 Å². The van der Waals surface area contributed by atoms with Gasteiger partial charge in [-0.05, 0) is 28.8 Å². The highest BCUT2D eigenvalue weighted by Gasteiger charge is 1.92. The van der Waals surface area contributed by atoms with Crippen molar-refractivity contribution in [3.05, 3.63) is 22.4 Å². The second-order valence-corrected chi connectivity index (χ2v) is 2.45. The van der Waals surface area contributed by atoms with Crippen LogP contribution in [0.4, 0.5) is 5.69 Å². The second-order valence-electron chi connectivity index (χ2n) is 1.59. The number of aromatic nitrogens is 1. The zero-order valence-corrected chi connectivity index (χ0v) is 6.14. The van der Waals surface area contributed by atoms with Gasteiger partial charge >= 0.3 is 0 Å². The van der Waals surface area contributed by atoms with E-state index in [1.165, 1.54) is 12.3 Å². The molecule has 2 nitrogen and oxygen atoms in total. The minimum atomic E-state index is -2.17.